The van der Waals surface area contributed by atoms with Crippen molar-refractivity contribution in [2.75, 3.05) is 33.0 Å². The van der Waals surface area contributed by atoms with E-state index < -0.39 is 18.1 Å². The molecule has 0 aliphatic carbocycles. The van der Waals surface area contributed by atoms with Crippen LogP contribution in [0.25, 0.3) is 0 Å². The minimum absolute atomic E-state index is 0.272. The van der Waals surface area contributed by atoms with E-state index in [1.54, 1.807) is 0 Å². The third-order valence-electron chi connectivity index (χ3n) is 1.10. The van der Waals surface area contributed by atoms with Crippen LogP contribution < -0.4 is 5.73 Å². The van der Waals surface area contributed by atoms with E-state index in [2.05, 4.69) is 4.74 Å². The highest BCUT2D eigenvalue weighted by atomic mass is 19.4. The Morgan fingerprint density at radius 1 is 1.06 bits per heavy atom. The highest BCUT2D eigenvalue weighted by molar-refractivity contribution is 5.73. The smallest absolute Gasteiger partial charge is 0.480 e. The number of ether oxygens (including phenoxy) is 2. The summed E-state index contributed by atoms with van der Waals surface area (Å²) in [7, 11) is 0. The molecule has 4 N–H and O–H groups in total. The minimum atomic E-state index is -5.08. The highest BCUT2D eigenvalue weighted by Crippen LogP contribution is 2.13. The number of aliphatic carboxylic acids is 2. The lowest BCUT2D eigenvalue weighted by Gasteiger charge is -2.01. The van der Waals surface area contributed by atoms with Crippen molar-refractivity contribution in [3.05, 3.63) is 0 Å². The van der Waals surface area contributed by atoms with Crippen LogP contribution in [0.15, 0.2) is 0 Å². The number of hydrogen-bond donors (Lipinski definition) is 3. The Morgan fingerprint density at radius 2 is 1.50 bits per heavy atom. The van der Waals surface area contributed by atoms with Gasteiger partial charge in [0.2, 0.25) is 0 Å². The number of alkyl halides is 3. The Labute approximate surface area is 100 Å². The fraction of sp³-hybridized carbons (Fsp3) is 0.750. The molecule has 0 radical (unpaired) electrons. The molecule has 0 unspecified atom stereocenters. The lowest BCUT2D eigenvalue weighted by Crippen LogP contribution is -2.21. The molecule has 0 aliphatic rings. The van der Waals surface area contributed by atoms with Gasteiger partial charge in [-0.05, 0) is 0 Å². The maximum Gasteiger partial charge on any atom is 0.490 e. The van der Waals surface area contributed by atoms with Gasteiger partial charge >= 0.3 is 18.1 Å². The maximum absolute atomic E-state index is 10.6. The molecule has 0 saturated carbocycles. The zero-order chi connectivity index (χ0) is 14.6. The van der Waals surface area contributed by atoms with Crippen molar-refractivity contribution in [1.29, 1.82) is 0 Å². The maximum atomic E-state index is 10.6. The second-order valence-corrected chi connectivity index (χ2v) is 2.65. The topological polar surface area (TPSA) is 119 Å². The van der Waals surface area contributed by atoms with Crippen LogP contribution in [0.2, 0.25) is 0 Å². The zero-order valence-electron chi connectivity index (χ0n) is 9.27. The van der Waals surface area contributed by atoms with Crippen molar-refractivity contribution in [2.24, 2.45) is 5.73 Å². The van der Waals surface area contributed by atoms with Crippen LogP contribution in [0, 0.1) is 0 Å². The fourth-order valence-corrected chi connectivity index (χ4v) is 0.463. The van der Waals surface area contributed by atoms with Gasteiger partial charge < -0.3 is 25.4 Å². The van der Waals surface area contributed by atoms with Crippen molar-refractivity contribution < 1.29 is 42.4 Å². The second-order valence-electron chi connectivity index (χ2n) is 2.65. The Kier molecular flexibility index (Phi) is 11.3. The van der Waals surface area contributed by atoms with Gasteiger partial charge in [0.25, 0.3) is 0 Å². The van der Waals surface area contributed by atoms with Gasteiger partial charge in [0, 0.05) is 6.54 Å². The first-order chi connectivity index (χ1) is 8.21. The quantitative estimate of drug-likeness (QED) is 0.546. The molecule has 10 heteroatoms. The fourth-order valence-electron chi connectivity index (χ4n) is 0.463. The Morgan fingerprint density at radius 3 is 1.83 bits per heavy atom. The first kappa shape index (κ1) is 19.0. The first-order valence-corrected chi connectivity index (χ1v) is 4.59. The summed E-state index contributed by atoms with van der Waals surface area (Å²) in [5.41, 5.74) is 5.13. The predicted octanol–water partition coefficient (Wildman–Crippen LogP) is -0.304. The Hall–Kier alpha value is -1.39. The van der Waals surface area contributed by atoms with Crippen molar-refractivity contribution in [2.45, 2.75) is 6.18 Å². The molecule has 18 heavy (non-hydrogen) atoms. The molecule has 0 heterocycles. The summed E-state index contributed by atoms with van der Waals surface area (Å²) in [6.07, 6.45) is -5.08. The third kappa shape index (κ3) is 17.0. The largest absolute Gasteiger partial charge is 0.490 e. The van der Waals surface area contributed by atoms with Crippen LogP contribution in [0.3, 0.4) is 0 Å². The van der Waals surface area contributed by atoms with Gasteiger partial charge in [0.05, 0.1) is 19.8 Å². The van der Waals surface area contributed by atoms with Gasteiger partial charge in [-0.1, -0.05) is 0 Å². The molecule has 0 atom stereocenters. The summed E-state index contributed by atoms with van der Waals surface area (Å²) in [6.45, 7) is 1.37. The van der Waals surface area contributed by atoms with Crippen LogP contribution in [0.1, 0.15) is 0 Å². The van der Waals surface area contributed by atoms with E-state index in [9.17, 15) is 18.0 Å². The van der Waals surface area contributed by atoms with E-state index in [1.807, 2.05) is 0 Å². The van der Waals surface area contributed by atoms with Gasteiger partial charge in [0.1, 0.15) is 6.61 Å². The zero-order valence-corrected chi connectivity index (χ0v) is 9.27. The Balaban J connectivity index is 0. The number of halogens is 3. The molecule has 0 aromatic rings. The highest BCUT2D eigenvalue weighted by Gasteiger charge is 2.38. The summed E-state index contributed by atoms with van der Waals surface area (Å²) in [5.74, 6) is -3.73. The summed E-state index contributed by atoms with van der Waals surface area (Å²) in [4.78, 5) is 18.8. The van der Waals surface area contributed by atoms with Gasteiger partial charge in [-0.15, -0.1) is 0 Å². The standard InChI is InChI=1S/C6H13NO4.C2HF3O2/c7-1-2-10-3-4-11-5-6(8)9;3-2(4,5)1(6)7/h1-5,7H2,(H,8,9);(H,6,7). The lowest BCUT2D eigenvalue weighted by molar-refractivity contribution is -0.192. The van der Waals surface area contributed by atoms with Crippen LogP contribution in [0.5, 0.6) is 0 Å². The molecule has 0 spiro atoms. The average Bonchev–Trinajstić information content (AvgIpc) is 2.22. The number of carboxylic acid groups (broad SMARTS) is 2. The second kappa shape index (κ2) is 10.7. The van der Waals surface area contributed by atoms with E-state index in [1.165, 1.54) is 0 Å². The molecule has 0 saturated heterocycles. The van der Waals surface area contributed by atoms with Gasteiger partial charge in [-0.2, -0.15) is 13.2 Å². The van der Waals surface area contributed by atoms with Crippen LogP contribution >= 0.6 is 0 Å². The van der Waals surface area contributed by atoms with Gasteiger partial charge in [0.15, 0.2) is 0 Å². The van der Waals surface area contributed by atoms with Crippen LogP contribution in [-0.4, -0.2) is 61.3 Å². The average molecular weight is 277 g/mol. The third-order valence-corrected chi connectivity index (χ3v) is 1.10. The molecule has 0 amide bonds. The normalized spacial score (nSPS) is 10.4. The summed E-state index contributed by atoms with van der Waals surface area (Å²) in [6, 6.07) is 0. The number of hydrogen-bond acceptors (Lipinski definition) is 5. The van der Waals surface area contributed by atoms with Crippen molar-refractivity contribution >= 4 is 11.9 Å². The van der Waals surface area contributed by atoms with E-state index >= 15 is 0 Å². The lowest BCUT2D eigenvalue weighted by atomic mass is 10.7. The van der Waals surface area contributed by atoms with Crippen LogP contribution in [-0.2, 0) is 19.1 Å². The minimum Gasteiger partial charge on any atom is -0.480 e. The van der Waals surface area contributed by atoms with Crippen LogP contribution in [0.4, 0.5) is 13.2 Å². The summed E-state index contributed by atoms with van der Waals surface area (Å²) >= 11 is 0. The Bertz CT molecular complexity index is 245. The molecule has 7 nitrogen and oxygen atoms in total. The molecule has 0 aliphatic heterocycles. The summed E-state index contributed by atoms with van der Waals surface area (Å²) < 4.78 is 41.3. The van der Waals surface area contributed by atoms with Crippen molar-refractivity contribution in [1.82, 2.24) is 0 Å². The molecule has 0 aromatic carbocycles. The van der Waals surface area contributed by atoms with E-state index in [-0.39, 0.29) is 6.61 Å². The first-order valence-electron chi connectivity index (χ1n) is 4.59. The van der Waals surface area contributed by atoms with E-state index in [0.29, 0.717) is 26.4 Å². The molecule has 108 valence electrons. The molecular weight excluding hydrogens is 263 g/mol. The molecule has 0 rings (SSSR count). The SMILES string of the molecule is NCCOCCOCC(=O)O.O=C(O)C(F)(F)F. The van der Waals surface area contributed by atoms with Crippen molar-refractivity contribution in [3.63, 3.8) is 0 Å². The number of carbonyl (C=O) groups is 2. The number of rotatable bonds is 7. The molecule has 0 aromatic heterocycles. The molecule has 0 bridgehead atoms. The number of nitrogens with two attached hydrogens (primary N) is 1. The van der Waals surface area contributed by atoms with Gasteiger partial charge in [-0.25, -0.2) is 9.59 Å². The van der Waals surface area contributed by atoms with Gasteiger partial charge in [-0.3, -0.25) is 0 Å². The molecule has 0 fully saturated rings. The monoisotopic (exact) mass is 277 g/mol. The predicted molar refractivity (Wildman–Crippen MR) is 52.0 cm³/mol. The van der Waals surface area contributed by atoms with E-state index in [0.717, 1.165) is 0 Å². The number of carboxylic acids is 2. The summed E-state index contributed by atoms with van der Waals surface area (Å²) in [5, 5.41) is 15.3. The van der Waals surface area contributed by atoms with E-state index in [4.69, 9.17) is 25.5 Å². The molecular formula is C8H14F3NO6. The van der Waals surface area contributed by atoms with Crippen molar-refractivity contribution in [3.8, 4) is 0 Å².